The van der Waals surface area contributed by atoms with Crippen molar-refractivity contribution in [2.45, 2.75) is 18.3 Å². The van der Waals surface area contributed by atoms with Gasteiger partial charge in [0.25, 0.3) is 0 Å². The Morgan fingerprint density at radius 2 is 1.76 bits per heavy atom. The van der Waals surface area contributed by atoms with E-state index in [4.69, 9.17) is 21.1 Å². The summed E-state index contributed by atoms with van der Waals surface area (Å²) in [4.78, 5) is 12.9. The second kappa shape index (κ2) is 8.37. The summed E-state index contributed by atoms with van der Waals surface area (Å²) in [6.07, 6.45) is 1.39. The number of carbonyl (C=O) groups is 1. The van der Waals surface area contributed by atoms with Crippen LogP contribution in [0.5, 0.6) is 5.75 Å². The number of halogens is 1. The summed E-state index contributed by atoms with van der Waals surface area (Å²) in [6, 6.07) is 17.2. The van der Waals surface area contributed by atoms with Gasteiger partial charge < -0.3 is 14.8 Å². The molecule has 1 aliphatic heterocycles. The minimum absolute atomic E-state index is 0.0432. The topological polar surface area (TPSA) is 47.6 Å². The fourth-order valence-electron chi connectivity index (χ4n) is 3.16. The Bertz CT molecular complexity index is 682. The number of hydrogen-bond acceptors (Lipinski definition) is 3. The highest BCUT2D eigenvalue weighted by Gasteiger charge is 2.41. The van der Waals surface area contributed by atoms with Gasteiger partial charge in [-0.1, -0.05) is 41.9 Å². The van der Waals surface area contributed by atoms with E-state index in [0.29, 0.717) is 44.2 Å². The molecule has 0 spiro atoms. The van der Waals surface area contributed by atoms with Gasteiger partial charge in [0.2, 0.25) is 5.91 Å². The van der Waals surface area contributed by atoms with Gasteiger partial charge in [0.05, 0.1) is 12.0 Å². The Kier molecular flexibility index (Phi) is 5.95. The van der Waals surface area contributed by atoms with Crippen LogP contribution >= 0.6 is 11.6 Å². The number of amides is 1. The number of benzene rings is 2. The fraction of sp³-hybridized carbons (Fsp3) is 0.350. The third-order valence-corrected chi connectivity index (χ3v) is 4.83. The lowest BCUT2D eigenvalue weighted by Gasteiger charge is -2.36. The van der Waals surface area contributed by atoms with E-state index in [0.717, 1.165) is 11.3 Å². The molecule has 0 unspecified atom stereocenters. The van der Waals surface area contributed by atoms with E-state index < -0.39 is 5.41 Å². The van der Waals surface area contributed by atoms with Gasteiger partial charge in [0, 0.05) is 18.2 Å². The molecular weight excluding hydrogens is 338 g/mol. The van der Waals surface area contributed by atoms with Gasteiger partial charge >= 0.3 is 0 Å². The first kappa shape index (κ1) is 17.8. The van der Waals surface area contributed by atoms with Crippen LogP contribution in [0.25, 0.3) is 0 Å². The smallest absolute Gasteiger partial charge is 0.230 e. The average Bonchev–Trinajstić information content (AvgIpc) is 2.67. The fourth-order valence-corrected chi connectivity index (χ4v) is 3.28. The molecule has 0 aliphatic carbocycles. The molecule has 3 rings (SSSR count). The van der Waals surface area contributed by atoms with Crippen LogP contribution < -0.4 is 10.1 Å². The molecule has 0 bridgehead atoms. The normalized spacial score (nSPS) is 16.2. The van der Waals surface area contributed by atoms with Crippen molar-refractivity contribution in [3.8, 4) is 5.75 Å². The molecule has 1 fully saturated rings. The molecule has 1 heterocycles. The maximum Gasteiger partial charge on any atom is 0.230 e. The van der Waals surface area contributed by atoms with E-state index in [2.05, 4.69) is 5.32 Å². The number of ether oxygens (including phenoxy) is 2. The highest BCUT2D eigenvalue weighted by atomic mass is 35.5. The zero-order valence-electron chi connectivity index (χ0n) is 14.0. The summed E-state index contributed by atoms with van der Waals surface area (Å²) in [7, 11) is 0. The first-order chi connectivity index (χ1) is 12.2. The molecule has 2 aromatic rings. The molecule has 1 saturated heterocycles. The van der Waals surface area contributed by atoms with Gasteiger partial charge in [-0.3, -0.25) is 4.79 Å². The van der Waals surface area contributed by atoms with Crippen molar-refractivity contribution in [1.29, 1.82) is 0 Å². The third kappa shape index (κ3) is 4.33. The molecule has 5 heteroatoms. The summed E-state index contributed by atoms with van der Waals surface area (Å²) in [5.74, 6) is 0.782. The summed E-state index contributed by atoms with van der Waals surface area (Å²) in [5.41, 5.74) is 0.536. The largest absolute Gasteiger partial charge is 0.492 e. The van der Waals surface area contributed by atoms with Crippen LogP contribution in [0.4, 0.5) is 0 Å². The Morgan fingerprint density at radius 3 is 2.44 bits per heavy atom. The molecule has 1 amide bonds. The monoisotopic (exact) mass is 359 g/mol. The molecule has 132 valence electrons. The van der Waals surface area contributed by atoms with Gasteiger partial charge in [-0.2, -0.15) is 0 Å². The highest BCUT2D eigenvalue weighted by molar-refractivity contribution is 6.30. The summed E-state index contributed by atoms with van der Waals surface area (Å²) in [6.45, 7) is 2.07. The SMILES string of the molecule is O=C(NCCOc1ccc(Cl)cc1)C1(c2ccccc2)CCOCC1. The quantitative estimate of drug-likeness (QED) is 0.802. The molecule has 25 heavy (non-hydrogen) atoms. The lowest BCUT2D eigenvalue weighted by Crippen LogP contribution is -2.48. The summed E-state index contributed by atoms with van der Waals surface area (Å²) >= 11 is 5.85. The number of hydrogen-bond donors (Lipinski definition) is 1. The molecular formula is C20H22ClNO3. The van der Waals surface area contributed by atoms with Crippen LogP contribution in [0.2, 0.25) is 5.02 Å². The number of nitrogens with one attached hydrogen (secondary N) is 1. The Labute approximate surface area is 153 Å². The van der Waals surface area contributed by atoms with Crippen LogP contribution in [0.3, 0.4) is 0 Å². The molecule has 0 radical (unpaired) electrons. The molecule has 0 aromatic heterocycles. The van der Waals surface area contributed by atoms with Crippen molar-refractivity contribution in [2.24, 2.45) is 0 Å². The molecule has 4 nitrogen and oxygen atoms in total. The maximum atomic E-state index is 12.9. The third-order valence-electron chi connectivity index (χ3n) is 4.58. The summed E-state index contributed by atoms with van der Waals surface area (Å²) < 4.78 is 11.1. The molecule has 0 atom stereocenters. The zero-order valence-corrected chi connectivity index (χ0v) is 14.8. The second-order valence-electron chi connectivity index (χ2n) is 6.12. The first-order valence-corrected chi connectivity index (χ1v) is 8.88. The van der Waals surface area contributed by atoms with Gasteiger partial charge in [0.1, 0.15) is 12.4 Å². The van der Waals surface area contributed by atoms with Crippen molar-refractivity contribution in [3.63, 3.8) is 0 Å². The van der Waals surface area contributed by atoms with E-state index in [9.17, 15) is 4.79 Å². The van der Waals surface area contributed by atoms with Gasteiger partial charge in [-0.15, -0.1) is 0 Å². The molecule has 0 saturated carbocycles. The first-order valence-electron chi connectivity index (χ1n) is 8.51. The van der Waals surface area contributed by atoms with E-state index in [1.165, 1.54) is 0 Å². The Hall–Kier alpha value is -2.04. The van der Waals surface area contributed by atoms with Crippen LogP contribution in [-0.2, 0) is 14.9 Å². The van der Waals surface area contributed by atoms with Crippen molar-refractivity contribution < 1.29 is 14.3 Å². The van der Waals surface area contributed by atoms with Crippen molar-refractivity contribution in [3.05, 3.63) is 65.2 Å². The van der Waals surface area contributed by atoms with Crippen molar-refractivity contribution in [2.75, 3.05) is 26.4 Å². The number of rotatable bonds is 6. The van der Waals surface area contributed by atoms with Gasteiger partial charge in [0.15, 0.2) is 0 Å². The lowest BCUT2D eigenvalue weighted by molar-refractivity contribution is -0.130. The van der Waals surface area contributed by atoms with Crippen LogP contribution in [0.15, 0.2) is 54.6 Å². The van der Waals surface area contributed by atoms with E-state index in [1.54, 1.807) is 12.1 Å². The minimum Gasteiger partial charge on any atom is -0.492 e. The van der Waals surface area contributed by atoms with Crippen molar-refractivity contribution >= 4 is 17.5 Å². The number of carbonyl (C=O) groups excluding carboxylic acids is 1. The molecule has 2 aromatic carbocycles. The summed E-state index contributed by atoms with van der Waals surface area (Å²) in [5, 5.41) is 3.70. The molecule has 1 aliphatic rings. The minimum atomic E-state index is -0.514. The standard InChI is InChI=1S/C20H22ClNO3/c21-17-6-8-18(9-7-17)25-15-12-22-19(23)20(10-13-24-14-11-20)16-4-2-1-3-5-16/h1-9H,10-15H2,(H,22,23). The predicted molar refractivity (Wildman–Crippen MR) is 98.1 cm³/mol. The lowest BCUT2D eigenvalue weighted by atomic mass is 9.73. The van der Waals surface area contributed by atoms with Crippen LogP contribution in [-0.4, -0.2) is 32.3 Å². The predicted octanol–water partition coefficient (Wildman–Crippen LogP) is 3.58. The highest BCUT2D eigenvalue weighted by Crippen LogP contribution is 2.35. The Morgan fingerprint density at radius 1 is 1.08 bits per heavy atom. The van der Waals surface area contributed by atoms with E-state index in [-0.39, 0.29) is 5.91 Å². The van der Waals surface area contributed by atoms with Crippen LogP contribution in [0, 0.1) is 0 Å². The van der Waals surface area contributed by atoms with E-state index >= 15 is 0 Å². The average molecular weight is 360 g/mol. The van der Waals surface area contributed by atoms with Gasteiger partial charge in [-0.05, 0) is 42.7 Å². The zero-order chi connectivity index (χ0) is 17.5. The Balaban J connectivity index is 1.58. The maximum absolute atomic E-state index is 12.9. The van der Waals surface area contributed by atoms with Crippen LogP contribution in [0.1, 0.15) is 18.4 Å². The van der Waals surface area contributed by atoms with Crippen molar-refractivity contribution in [1.82, 2.24) is 5.32 Å². The van der Waals surface area contributed by atoms with Gasteiger partial charge in [-0.25, -0.2) is 0 Å². The second-order valence-corrected chi connectivity index (χ2v) is 6.56. The molecule has 1 N–H and O–H groups in total. The van der Waals surface area contributed by atoms with E-state index in [1.807, 2.05) is 42.5 Å².